The van der Waals surface area contributed by atoms with Gasteiger partial charge < -0.3 is 177 Å². The largest absolute Gasteiger partial charge is 0.481 e. The molecule has 12 atom stereocenters. The van der Waals surface area contributed by atoms with Crippen molar-refractivity contribution in [3.05, 3.63) is 70.8 Å². The van der Waals surface area contributed by atoms with Gasteiger partial charge >= 0.3 is 79.8 Å². The number of nitrogens with zero attached hydrogens (tertiary/aromatic N) is 3. The number of nitrogens with one attached hydrogen (secondary N) is 6. The summed E-state index contributed by atoms with van der Waals surface area (Å²) in [6.45, 7) is 41.8. The number of likely N-dealkylation sites (N-methyl/N-ethyl adjacent to an activating group) is 1. The summed E-state index contributed by atoms with van der Waals surface area (Å²) in [4.78, 5) is 178. The van der Waals surface area contributed by atoms with E-state index < -0.39 is 190 Å². The molecule has 0 saturated carbocycles. The minimum atomic E-state index is -5.31. The Morgan fingerprint density at radius 3 is 1.24 bits per heavy atom. The summed E-state index contributed by atoms with van der Waals surface area (Å²) in [5.41, 5.74) is 3.43. The predicted molar refractivity (Wildman–Crippen MR) is 544 cm³/mol. The zero-order chi connectivity index (χ0) is 114. The molecule has 1 aliphatic heterocycles. The van der Waals surface area contributed by atoms with Crippen molar-refractivity contribution >= 4 is 87.1 Å². The molecule has 2 aromatic rings. The molecule has 56 heteroatoms. The summed E-state index contributed by atoms with van der Waals surface area (Å²) < 4.78 is 66.5. The molecule has 145 heavy (non-hydrogen) atoms. The minimum absolute atomic E-state index is 0.0368. The lowest BCUT2D eigenvalue weighted by molar-refractivity contribution is -0.146. The number of carboxylic acid groups (broad SMARTS) is 7. The monoisotopic (exact) mass is 2210 g/mol. The summed E-state index contributed by atoms with van der Waals surface area (Å²) in [6.07, 6.45) is -9.62. The molecular weight excluding hydrogens is 2040 g/mol. The maximum absolute atomic E-state index is 11.9. The van der Waals surface area contributed by atoms with Gasteiger partial charge in [-0.2, -0.15) is 0 Å². The van der Waals surface area contributed by atoms with Crippen LogP contribution in [0, 0.1) is 53.3 Å². The Hall–Kier alpha value is -5.09. The van der Waals surface area contributed by atoms with Crippen LogP contribution in [0.3, 0.4) is 0 Å². The third-order valence-electron chi connectivity index (χ3n) is 20.4. The molecule has 2 aliphatic rings. The van der Waals surface area contributed by atoms with Crippen LogP contribution in [0.15, 0.2) is 48.5 Å². The number of hydrogen-bond donors (Lipinski definition) is 34. The summed E-state index contributed by atoms with van der Waals surface area (Å²) in [6, 6.07) is 11.0. The first-order valence-electron chi connectivity index (χ1n) is 47.5. The zero-order valence-electron chi connectivity index (χ0n) is 87.2. The molecule has 34 N–H and O–H groups in total. The van der Waals surface area contributed by atoms with E-state index in [0.29, 0.717) is 138 Å². The Bertz CT molecular complexity index is 4190. The molecule has 0 spiro atoms. The van der Waals surface area contributed by atoms with Crippen molar-refractivity contribution in [2.24, 2.45) is 53.3 Å². The van der Waals surface area contributed by atoms with Crippen LogP contribution in [0.5, 0.6) is 0 Å². The van der Waals surface area contributed by atoms with Crippen molar-refractivity contribution in [3.8, 4) is 0 Å². The van der Waals surface area contributed by atoms with Gasteiger partial charge in [-0.05, 0) is 148 Å². The van der Waals surface area contributed by atoms with E-state index in [1.807, 2.05) is 159 Å². The Morgan fingerprint density at radius 1 is 0.483 bits per heavy atom. The third-order valence-corrected chi connectivity index (χ3v) is 28.5. The number of piperidine rings is 1. The summed E-state index contributed by atoms with van der Waals surface area (Å²) in [5, 5.41) is 167. The highest BCUT2D eigenvalue weighted by molar-refractivity contribution is 7.72. The predicted octanol–water partition coefficient (Wildman–Crippen LogP) is 1.79. The van der Waals surface area contributed by atoms with Gasteiger partial charge in [-0.3, -0.25) is 70.8 Å². The van der Waals surface area contributed by atoms with Crippen LogP contribution in [0.2, 0.25) is 0 Å². The molecule has 1 heterocycles. The fourth-order valence-electron chi connectivity index (χ4n) is 13.4. The van der Waals surface area contributed by atoms with Gasteiger partial charge in [-0.1, -0.05) is 173 Å². The number of aliphatic carboxylic acids is 7. The second-order valence-corrected chi connectivity index (χ2v) is 51.7. The first kappa shape index (κ1) is 148. The van der Waals surface area contributed by atoms with Crippen LogP contribution >= 0.6 is 45.3 Å². The molecule has 2 aromatic carbocycles. The van der Waals surface area contributed by atoms with Crippen LogP contribution in [-0.4, -0.2) is 405 Å². The molecule has 854 valence electrons. The van der Waals surface area contributed by atoms with Crippen LogP contribution < -0.4 is 31.9 Å². The number of aliphatic hydroxyl groups excluding tert-OH is 9. The van der Waals surface area contributed by atoms with Gasteiger partial charge in [-0.15, -0.1) is 0 Å². The maximum atomic E-state index is 11.9. The minimum Gasteiger partial charge on any atom is -0.481 e. The van der Waals surface area contributed by atoms with E-state index in [1.165, 1.54) is 11.6 Å². The average Bonchev–Trinajstić information content (AvgIpc) is 1.60. The van der Waals surface area contributed by atoms with E-state index in [4.69, 9.17) is 90.0 Å². The highest BCUT2D eigenvalue weighted by Crippen LogP contribution is 2.69. The molecule has 0 radical (unpaired) electrons. The molecule has 50 nitrogen and oxygen atoms in total. The SMILES string of the molecule is CC(C)CN(C)C[C@H](O)[C@@H](O)[C@H](O)[C@H](O)CO.CC(C)CN(CC(=O)O)CP(=O)(O)O.CC(C)CN1C[C@H](O)[C@@H](O)[C@H](O)[C@H]1CO.CC(C)CNC(CC(=O)O)CC(=O)O.CC(C)CNC(CCP(C)(=O)O)C(=O)O.CC(C)CNC1(P(=O)(O)O)Cc2ccccc2C1.CC(C)CNCCCC(O)(P(=O)(O)O)P(=O)(O)O.CC(C)CN[C@@H](CC(=O)O)C(=O)O.CC(C)CN[C@@H](Cc1ccc(CP(=O)(O)O)cc1)C(=O)O. The third kappa shape index (κ3) is 73.7. The summed E-state index contributed by atoms with van der Waals surface area (Å²) >= 11 is 0. The van der Waals surface area contributed by atoms with E-state index in [9.17, 15) is 112 Å². The Morgan fingerprint density at radius 2 is 0.890 bits per heavy atom. The van der Waals surface area contributed by atoms with E-state index in [1.54, 1.807) is 31.3 Å². The fraction of sp³-hybridized carbons (Fsp3) is 0.787. The molecule has 1 saturated heterocycles. The Balaban J connectivity index is -0.000000509. The number of aliphatic hydroxyl groups is 10. The van der Waals surface area contributed by atoms with Gasteiger partial charge in [0.2, 0.25) is 0 Å². The van der Waals surface area contributed by atoms with Gasteiger partial charge in [0.05, 0.1) is 63.4 Å². The molecule has 1 fully saturated rings. The van der Waals surface area contributed by atoms with E-state index in [0.717, 1.165) is 23.2 Å². The van der Waals surface area contributed by atoms with Crippen molar-refractivity contribution in [3.63, 3.8) is 0 Å². The summed E-state index contributed by atoms with van der Waals surface area (Å²) in [7, 11) is -24.4. The molecule has 4 rings (SSSR count). The van der Waals surface area contributed by atoms with Crippen LogP contribution in [0.25, 0.3) is 0 Å². The number of β-amino-alcohol motifs (C(OH)–C–C–N with tert-alkyl or cyclic N) is 1. The number of rotatable bonds is 57. The van der Waals surface area contributed by atoms with Crippen molar-refractivity contribution in [1.82, 2.24) is 46.6 Å². The first-order valence-corrected chi connectivity index (χ1v) is 58.2. The van der Waals surface area contributed by atoms with Crippen molar-refractivity contribution in [2.75, 3.05) is 124 Å². The van der Waals surface area contributed by atoms with Gasteiger partial charge in [0.25, 0.3) is 5.08 Å². The normalized spacial score (nSPS) is 17.4. The lowest BCUT2D eigenvalue weighted by Gasteiger charge is -2.43. The number of carbonyl (C=O) groups is 7. The summed E-state index contributed by atoms with van der Waals surface area (Å²) in [5.74, 6) is -4.04. The van der Waals surface area contributed by atoms with E-state index in [2.05, 4.69) is 31.9 Å². The molecule has 0 bridgehead atoms. The highest BCUT2D eigenvalue weighted by atomic mass is 31.2. The molecule has 2 unspecified atom stereocenters. The Labute approximate surface area is 851 Å². The number of benzene rings is 2. The average molecular weight is 2220 g/mol. The fourth-order valence-corrected chi connectivity index (χ4v) is 18.9. The van der Waals surface area contributed by atoms with Gasteiger partial charge in [-0.25, -0.2) is 0 Å². The number of hydrogen-bond acceptors (Lipinski definition) is 32. The number of likely N-dealkylation sites (tertiary alicyclic amines) is 1. The standard InChI is InChI=1S/C14H22NO5P.C13H20NO3P.C11H25NO5.C10H21NO4.C9H20NO4P.C9H17NO4.C8H21NO7P2.C8H15NO4.C7H16NO5P/c1-10(2)8-15-13(14(16)17)7-11-3-5-12(6-4-11)9-21(18,19)20;1-10(2)9-14-13(18(15,16)17)7-11-5-3-4-6-12(11)8-13;1-7(2)4-12(3)5-8(14)10(16)11(17)9(15)6-13;1-6(2)3-11-4-8(13)10(15)9(14)7(11)5-12;1-7(2)6-10-8(9(11)12)4-5-15(3,13)14;1-6(2)5-10-7(3-8(11)12)4-9(13)14;1-7(2)6-9-5-3-4-8(10,17(11,12)13)18(14,15)16;1-5(2)4-9-6(8(12)13)3-7(10)11;1-6(2)3-8(4-7(9)10)5-14(11,12)13/h3-6,10,13,15H,7-9H2,1-2H3,(H,16,17)(H2,18,19,20);3-6,10,14H,7-9H2,1-2H3,(H2,15,16,17);7-11,13-17H,4-6H2,1-3H3;6-10,12-15H,3-5H2,1-2H3;7-8,10H,4-6H2,1-3H3,(H,11,12)(H,13,14);6-7,10H,3-5H2,1-2H3,(H,11,12)(H,13,14);7,9-10H,3-6H2,1-2H3,(H2,11,12,13)(H2,14,15,16);5-6,9H,3-4H2,1-2H3,(H,10,11)(H,12,13);6H,3-5H2,1-2H3,(H,9,10)(H2,11,12,13)/t13-;;8-,9+,10+,11+;7-,8+,9-,10-;;;;6-;/m0.01...0./s1. The Kier molecular flexibility index (Phi) is 75.7. The van der Waals surface area contributed by atoms with Crippen molar-refractivity contribution in [2.45, 2.75) is 272 Å². The van der Waals surface area contributed by atoms with Gasteiger partial charge in [0.1, 0.15) is 60.2 Å². The first-order chi connectivity index (χ1) is 66.0. The molecule has 0 aromatic heterocycles. The highest BCUT2D eigenvalue weighted by Gasteiger charge is 2.59. The van der Waals surface area contributed by atoms with Crippen molar-refractivity contribution < 1.29 is 202 Å². The van der Waals surface area contributed by atoms with Crippen molar-refractivity contribution in [1.29, 1.82) is 0 Å². The molecule has 1 aliphatic carbocycles. The second kappa shape index (κ2) is 74.0. The number of carboxylic acids is 7. The maximum Gasteiger partial charge on any atom is 0.369 e. The quantitative estimate of drug-likeness (QED) is 0.0331. The van der Waals surface area contributed by atoms with Crippen LogP contribution in [-0.2, 0) is 86.4 Å². The topological polar surface area (TPSA) is 870 Å². The molecule has 0 amide bonds. The smallest absolute Gasteiger partial charge is 0.369 e. The van der Waals surface area contributed by atoms with E-state index in [-0.39, 0.29) is 70.0 Å². The van der Waals surface area contributed by atoms with Gasteiger partial charge in [0.15, 0.2) is 7.37 Å². The van der Waals surface area contributed by atoms with E-state index >= 15 is 0 Å². The molecular formula is C89H177N9O41P6. The van der Waals surface area contributed by atoms with Crippen LogP contribution in [0.1, 0.15) is 185 Å². The van der Waals surface area contributed by atoms with Gasteiger partial charge in [0, 0.05) is 70.9 Å². The number of fused-ring (bicyclic) bond motifs is 1. The zero-order valence-corrected chi connectivity index (χ0v) is 92.6. The lowest BCUT2D eigenvalue weighted by atomic mass is 9.93. The lowest BCUT2D eigenvalue weighted by Crippen LogP contribution is -2.62. The van der Waals surface area contributed by atoms with Crippen LogP contribution in [0.4, 0.5) is 0 Å². The second-order valence-electron chi connectivity index (χ2n) is 40.0.